The first-order valence-corrected chi connectivity index (χ1v) is 3.82. The summed E-state index contributed by atoms with van der Waals surface area (Å²) >= 11 is 0. The molecule has 0 saturated carbocycles. The monoisotopic (exact) mass is 155 g/mol. The first kappa shape index (κ1) is 8.27. The molecule has 1 amide bonds. The molecule has 3 heteroatoms. The minimum absolute atomic E-state index is 0.0536. The number of rotatable bonds is 3. The maximum Gasteiger partial charge on any atom is 0.227 e. The Hall–Kier alpha value is -0.830. The summed E-state index contributed by atoms with van der Waals surface area (Å²) in [7, 11) is 0. The quantitative estimate of drug-likeness (QED) is 0.566. The summed E-state index contributed by atoms with van der Waals surface area (Å²) in [6, 6.07) is 0. The molecular weight excluding hydrogens is 142 g/mol. The molecule has 1 atom stereocenters. The van der Waals surface area contributed by atoms with Crippen molar-refractivity contribution >= 4 is 5.91 Å². The molecule has 0 aromatic carbocycles. The minimum atomic E-state index is -0.0536. The van der Waals surface area contributed by atoms with Gasteiger partial charge in [0.1, 0.15) is 0 Å². The summed E-state index contributed by atoms with van der Waals surface area (Å²) in [5, 5.41) is 11.3. The van der Waals surface area contributed by atoms with E-state index < -0.39 is 0 Å². The van der Waals surface area contributed by atoms with Crippen molar-refractivity contribution in [3.05, 3.63) is 12.2 Å². The molecule has 0 spiro atoms. The zero-order valence-corrected chi connectivity index (χ0v) is 6.47. The third kappa shape index (κ3) is 1.80. The minimum Gasteiger partial charge on any atom is -0.396 e. The molecule has 1 rings (SSSR count). The molecule has 0 bridgehead atoms. The van der Waals surface area contributed by atoms with Crippen LogP contribution in [0, 0.1) is 5.92 Å². The van der Waals surface area contributed by atoms with Crippen molar-refractivity contribution in [2.24, 2.45) is 5.92 Å². The predicted octanol–water partition coefficient (Wildman–Crippen LogP) is 0.0611. The number of amides is 1. The lowest BCUT2D eigenvalue weighted by Crippen LogP contribution is -2.20. The maximum absolute atomic E-state index is 11.0. The molecule has 2 N–H and O–H groups in total. The highest BCUT2D eigenvalue weighted by Gasteiger charge is 2.25. The number of hydrogen-bond acceptors (Lipinski definition) is 2. The Kier molecular flexibility index (Phi) is 2.65. The fourth-order valence-electron chi connectivity index (χ4n) is 1.30. The maximum atomic E-state index is 11.0. The molecule has 1 aliphatic rings. The van der Waals surface area contributed by atoms with Crippen LogP contribution in [0.5, 0.6) is 0 Å². The van der Waals surface area contributed by atoms with E-state index in [1.54, 1.807) is 0 Å². The highest BCUT2D eigenvalue weighted by Crippen LogP contribution is 2.19. The molecule has 1 fully saturated rings. The number of nitrogens with one attached hydrogen (secondary N) is 1. The average Bonchev–Trinajstić information content (AvgIpc) is 2.36. The zero-order valence-electron chi connectivity index (χ0n) is 6.47. The van der Waals surface area contributed by atoms with Gasteiger partial charge in [0.25, 0.3) is 0 Å². The fourth-order valence-corrected chi connectivity index (χ4v) is 1.30. The molecule has 62 valence electrons. The second-order valence-electron chi connectivity index (χ2n) is 2.76. The Morgan fingerprint density at radius 1 is 1.82 bits per heavy atom. The van der Waals surface area contributed by atoms with Crippen LogP contribution in [0.3, 0.4) is 0 Å². The van der Waals surface area contributed by atoms with Crippen LogP contribution in [0.4, 0.5) is 0 Å². The smallest absolute Gasteiger partial charge is 0.227 e. The SMILES string of the molecule is C=C(CCO)C1CCNC1=O. The van der Waals surface area contributed by atoms with Gasteiger partial charge in [-0.05, 0) is 12.8 Å². The van der Waals surface area contributed by atoms with Gasteiger partial charge in [0, 0.05) is 13.2 Å². The lowest BCUT2D eigenvalue weighted by atomic mass is 9.97. The van der Waals surface area contributed by atoms with Gasteiger partial charge in [0.2, 0.25) is 5.91 Å². The average molecular weight is 155 g/mol. The number of hydrogen-bond donors (Lipinski definition) is 2. The third-order valence-electron chi connectivity index (χ3n) is 1.97. The fraction of sp³-hybridized carbons (Fsp3) is 0.625. The van der Waals surface area contributed by atoms with Crippen LogP contribution in [0.1, 0.15) is 12.8 Å². The van der Waals surface area contributed by atoms with Crippen molar-refractivity contribution in [2.45, 2.75) is 12.8 Å². The van der Waals surface area contributed by atoms with Gasteiger partial charge in [-0.3, -0.25) is 4.79 Å². The Morgan fingerprint density at radius 2 is 2.55 bits per heavy atom. The first-order valence-electron chi connectivity index (χ1n) is 3.82. The Morgan fingerprint density at radius 3 is 3.00 bits per heavy atom. The topological polar surface area (TPSA) is 49.3 Å². The number of aliphatic hydroxyl groups is 1. The Balaban J connectivity index is 2.46. The summed E-state index contributed by atoms with van der Waals surface area (Å²) in [5.41, 5.74) is 0.850. The molecule has 1 unspecified atom stereocenters. The standard InChI is InChI=1S/C8H13NO2/c1-6(3-5-10)7-2-4-9-8(7)11/h7,10H,1-5H2,(H,9,11). The molecule has 11 heavy (non-hydrogen) atoms. The van der Waals surface area contributed by atoms with Crippen molar-refractivity contribution in [3.63, 3.8) is 0 Å². The van der Waals surface area contributed by atoms with E-state index in [0.717, 1.165) is 18.5 Å². The van der Waals surface area contributed by atoms with Crippen LogP contribution in [0.2, 0.25) is 0 Å². The van der Waals surface area contributed by atoms with E-state index in [2.05, 4.69) is 11.9 Å². The van der Waals surface area contributed by atoms with Gasteiger partial charge in [0.15, 0.2) is 0 Å². The normalized spacial score (nSPS) is 23.4. The first-order chi connectivity index (χ1) is 5.25. The van der Waals surface area contributed by atoms with Crippen molar-refractivity contribution in [1.82, 2.24) is 5.32 Å². The molecule has 3 nitrogen and oxygen atoms in total. The third-order valence-corrected chi connectivity index (χ3v) is 1.97. The Labute approximate surface area is 66.1 Å². The number of aliphatic hydroxyl groups excluding tert-OH is 1. The summed E-state index contributed by atoms with van der Waals surface area (Å²) in [5.74, 6) is 0.00519. The lowest BCUT2D eigenvalue weighted by molar-refractivity contribution is -0.121. The highest BCUT2D eigenvalue weighted by atomic mass is 16.3. The Bertz CT molecular complexity index is 177. The van der Waals surface area contributed by atoms with Crippen molar-refractivity contribution in [2.75, 3.05) is 13.2 Å². The van der Waals surface area contributed by atoms with Crippen LogP contribution in [0.25, 0.3) is 0 Å². The molecule has 0 aromatic heterocycles. The van der Waals surface area contributed by atoms with Crippen molar-refractivity contribution < 1.29 is 9.90 Å². The van der Waals surface area contributed by atoms with Crippen molar-refractivity contribution in [1.29, 1.82) is 0 Å². The summed E-state index contributed by atoms with van der Waals surface area (Å²) in [6.45, 7) is 4.59. The molecule has 1 aliphatic heterocycles. The molecule has 0 aromatic rings. The molecule has 1 heterocycles. The number of carbonyl (C=O) groups excluding carboxylic acids is 1. The predicted molar refractivity (Wildman–Crippen MR) is 42.0 cm³/mol. The summed E-state index contributed by atoms with van der Waals surface area (Å²) in [4.78, 5) is 11.0. The summed E-state index contributed by atoms with van der Waals surface area (Å²) in [6.07, 6.45) is 1.37. The number of carbonyl (C=O) groups is 1. The largest absolute Gasteiger partial charge is 0.396 e. The van der Waals surface area contributed by atoms with Gasteiger partial charge >= 0.3 is 0 Å². The van der Waals surface area contributed by atoms with E-state index in [0.29, 0.717) is 6.42 Å². The highest BCUT2D eigenvalue weighted by molar-refractivity contribution is 5.83. The van der Waals surface area contributed by atoms with Crippen LogP contribution >= 0.6 is 0 Å². The van der Waals surface area contributed by atoms with Crippen LogP contribution in [-0.4, -0.2) is 24.2 Å². The zero-order chi connectivity index (χ0) is 8.27. The van der Waals surface area contributed by atoms with E-state index in [9.17, 15) is 4.79 Å². The van der Waals surface area contributed by atoms with Gasteiger partial charge in [-0.1, -0.05) is 12.2 Å². The van der Waals surface area contributed by atoms with E-state index in [1.165, 1.54) is 0 Å². The van der Waals surface area contributed by atoms with E-state index in [1.807, 2.05) is 0 Å². The van der Waals surface area contributed by atoms with Crippen LogP contribution in [0.15, 0.2) is 12.2 Å². The summed E-state index contributed by atoms with van der Waals surface area (Å²) < 4.78 is 0. The van der Waals surface area contributed by atoms with Gasteiger partial charge < -0.3 is 10.4 Å². The van der Waals surface area contributed by atoms with E-state index in [4.69, 9.17) is 5.11 Å². The van der Waals surface area contributed by atoms with E-state index in [-0.39, 0.29) is 18.4 Å². The van der Waals surface area contributed by atoms with Crippen molar-refractivity contribution in [3.8, 4) is 0 Å². The molecular formula is C8H13NO2. The van der Waals surface area contributed by atoms with E-state index >= 15 is 0 Å². The second kappa shape index (κ2) is 3.53. The van der Waals surface area contributed by atoms with Gasteiger partial charge in [-0.25, -0.2) is 0 Å². The van der Waals surface area contributed by atoms with Gasteiger partial charge in [-0.15, -0.1) is 0 Å². The molecule has 0 aliphatic carbocycles. The second-order valence-corrected chi connectivity index (χ2v) is 2.76. The molecule has 0 radical (unpaired) electrons. The molecule has 1 saturated heterocycles. The van der Waals surface area contributed by atoms with Crippen LogP contribution < -0.4 is 5.32 Å². The van der Waals surface area contributed by atoms with Gasteiger partial charge in [-0.2, -0.15) is 0 Å². The van der Waals surface area contributed by atoms with Gasteiger partial charge in [0.05, 0.1) is 5.92 Å². The van der Waals surface area contributed by atoms with Crippen LogP contribution in [-0.2, 0) is 4.79 Å². The lowest BCUT2D eigenvalue weighted by Gasteiger charge is -2.08.